The second-order valence-corrected chi connectivity index (χ2v) is 6.77. The van der Waals surface area contributed by atoms with Gasteiger partial charge in [0.15, 0.2) is 0 Å². The van der Waals surface area contributed by atoms with Gasteiger partial charge in [0.05, 0.1) is 0 Å². The van der Waals surface area contributed by atoms with Crippen LogP contribution in [-0.2, 0) is 16.1 Å². The predicted octanol–water partition coefficient (Wildman–Crippen LogP) is 3.49. The van der Waals surface area contributed by atoms with Crippen molar-refractivity contribution < 1.29 is 9.59 Å². The minimum absolute atomic E-state index is 0.0162. The monoisotopic (exact) mass is 333 g/mol. The molecule has 134 valence electrons. The molecular weight excluding hydrogens is 302 g/mol. The van der Waals surface area contributed by atoms with Crippen molar-refractivity contribution in [2.75, 3.05) is 24.3 Å². The molecule has 1 unspecified atom stereocenters. The van der Waals surface area contributed by atoms with Crippen LogP contribution in [0.3, 0.4) is 0 Å². The van der Waals surface area contributed by atoms with Gasteiger partial charge < -0.3 is 15.1 Å². The molecule has 5 heteroatoms. The summed E-state index contributed by atoms with van der Waals surface area (Å²) in [4.78, 5) is 27.7. The Morgan fingerprint density at radius 3 is 2.25 bits per heavy atom. The lowest BCUT2D eigenvalue weighted by Crippen LogP contribution is -2.39. The molecule has 1 N–H and O–H groups in total. The SMILES string of the molecule is CCC(=O)Nc1ccc(N(C)C)c(CN(C(C)=O)C(C)C(C)C)c1. The first-order chi connectivity index (χ1) is 11.2. The summed E-state index contributed by atoms with van der Waals surface area (Å²) in [6.07, 6.45) is 0.439. The lowest BCUT2D eigenvalue weighted by Gasteiger charge is -2.32. The Balaban J connectivity index is 3.19. The molecule has 0 fully saturated rings. The van der Waals surface area contributed by atoms with E-state index in [9.17, 15) is 9.59 Å². The van der Waals surface area contributed by atoms with Crippen LogP contribution in [0, 0.1) is 5.92 Å². The van der Waals surface area contributed by atoms with Gasteiger partial charge in [-0.25, -0.2) is 0 Å². The first-order valence-electron chi connectivity index (χ1n) is 8.54. The van der Waals surface area contributed by atoms with Gasteiger partial charge in [-0.3, -0.25) is 9.59 Å². The molecule has 0 aromatic heterocycles. The summed E-state index contributed by atoms with van der Waals surface area (Å²) >= 11 is 0. The normalized spacial score (nSPS) is 12.0. The average molecular weight is 333 g/mol. The number of rotatable bonds is 7. The fraction of sp³-hybridized carbons (Fsp3) is 0.579. The maximum absolute atomic E-state index is 12.1. The minimum atomic E-state index is -0.0162. The second kappa shape index (κ2) is 8.71. The van der Waals surface area contributed by atoms with Gasteiger partial charge in [0.25, 0.3) is 0 Å². The van der Waals surface area contributed by atoms with Crippen molar-refractivity contribution in [3.8, 4) is 0 Å². The van der Waals surface area contributed by atoms with E-state index in [0.717, 1.165) is 16.9 Å². The number of carbonyl (C=O) groups excluding carboxylic acids is 2. The van der Waals surface area contributed by atoms with E-state index >= 15 is 0 Å². The Labute approximate surface area is 146 Å². The molecule has 0 bridgehead atoms. The molecule has 0 aliphatic heterocycles. The lowest BCUT2D eigenvalue weighted by molar-refractivity contribution is -0.132. The number of carbonyl (C=O) groups is 2. The largest absolute Gasteiger partial charge is 0.377 e. The van der Waals surface area contributed by atoms with Crippen molar-refractivity contribution in [1.29, 1.82) is 0 Å². The minimum Gasteiger partial charge on any atom is -0.377 e. The molecule has 0 heterocycles. The Kier molecular flexibility index (Phi) is 7.26. The fourth-order valence-corrected chi connectivity index (χ4v) is 2.56. The third kappa shape index (κ3) is 5.25. The standard InChI is InChI=1S/C19H31N3O2/c1-8-19(24)20-17-9-10-18(21(6)7)16(11-17)12-22(15(5)23)14(4)13(2)3/h9-11,13-14H,8,12H2,1-7H3,(H,20,24). The Bertz CT molecular complexity index is 582. The number of nitrogens with zero attached hydrogens (tertiary/aromatic N) is 2. The second-order valence-electron chi connectivity index (χ2n) is 6.77. The molecule has 0 saturated heterocycles. The third-order valence-corrected chi connectivity index (χ3v) is 4.37. The molecule has 24 heavy (non-hydrogen) atoms. The Morgan fingerprint density at radius 2 is 1.79 bits per heavy atom. The summed E-state index contributed by atoms with van der Waals surface area (Å²) in [6.45, 7) is 10.3. The lowest BCUT2D eigenvalue weighted by atomic mass is 10.0. The first kappa shape index (κ1) is 20.0. The number of anilines is 2. The smallest absolute Gasteiger partial charge is 0.224 e. The van der Waals surface area contributed by atoms with Gasteiger partial charge >= 0.3 is 0 Å². The number of nitrogens with one attached hydrogen (secondary N) is 1. The summed E-state index contributed by atoms with van der Waals surface area (Å²) in [6, 6.07) is 5.99. The van der Waals surface area contributed by atoms with Gasteiger partial charge in [-0.05, 0) is 36.6 Å². The highest BCUT2D eigenvalue weighted by Gasteiger charge is 2.21. The summed E-state index contributed by atoms with van der Waals surface area (Å²) in [5.41, 5.74) is 2.84. The first-order valence-corrected chi connectivity index (χ1v) is 8.54. The zero-order valence-electron chi connectivity index (χ0n) is 16.0. The van der Waals surface area contributed by atoms with Gasteiger partial charge in [0.1, 0.15) is 0 Å². The van der Waals surface area contributed by atoms with Crippen molar-refractivity contribution in [1.82, 2.24) is 4.90 Å². The maximum Gasteiger partial charge on any atom is 0.224 e. The number of benzene rings is 1. The molecule has 5 nitrogen and oxygen atoms in total. The van der Waals surface area contributed by atoms with Crippen LogP contribution >= 0.6 is 0 Å². The zero-order chi connectivity index (χ0) is 18.4. The Hall–Kier alpha value is -2.04. The van der Waals surface area contributed by atoms with Crippen molar-refractivity contribution in [2.45, 2.75) is 53.6 Å². The molecule has 0 aliphatic carbocycles. The van der Waals surface area contributed by atoms with Gasteiger partial charge in [-0.1, -0.05) is 20.8 Å². The maximum atomic E-state index is 12.1. The van der Waals surface area contributed by atoms with E-state index in [1.165, 1.54) is 0 Å². The van der Waals surface area contributed by atoms with Crippen LogP contribution in [0.4, 0.5) is 11.4 Å². The van der Waals surface area contributed by atoms with Crippen LogP contribution in [0.15, 0.2) is 18.2 Å². The molecular formula is C19H31N3O2. The van der Waals surface area contributed by atoms with Gasteiger partial charge in [-0.15, -0.1) is 0 Å². The molecule has 1 rings (SSSR count). The average Bonchev–Trinajstić information content (AvgIpc) is 2.51. The van der Waals surface area contributed by atoms with Crippen molar-refractivity contribution >= 4 is 23.2 Å². The number of amides is 2. The number of hydrogen-bond acceptors (Lipinski definition) is 3. The predicted molar refractivity (Wildman–Crippen MR) is 100 cm³/mol. The van der Waals surface area contributed by atoms with Crippen LogP contribution in [0.25, 0.3) is 0 Å². The van der Waals surface area contributed by atoms with Crippen LogP contribution in [0.2, 0.25) is 0 Å². The van der Waals surface area contributed by atoms with E-state index in [2.05, 4.69) is 26.1 Å². The highest BCUT2D eigenvalue weighted by atomic mass is 16.2. The number of hydrogen-bond donors (Lipinski definition) is 1. The van der Waals surface area contributed by atoms with Crippen LogP contribution < -0.4 is 10.2 Å². The van der Waals surface area contributed by atoms with E-state index in [4.69, 9.17) is 0 Å². The molecule has 0 aliphatic rings. The van der Waals surface area contributed by atoms with Crippen molar-refractivity contribution in [3.05, 3.63) is 23.8 Å². The third-order valence-electron chi connectivity index (χ3n) is 4.37. The van der Waals surface area contributed by atoms with Crippen LogP contribution in [0.5, 0.6) is 0 Å². The van der Waals surface area contributed by atoms with Gasteiger partial charge in [0, 0.05) is 51.4 Å². The Morgan fingerprint density at radius 1 is 1.17 bits per heavy atom. The van der Waals surface area contributed by atoms with Gasteiger partial charge in [0.2, 0.25) is 11.8 Å². The molecule has 1 aromatic rings. The fourth-order valence-electron chi connectivity index (χ4n) is 2.56. The van der Waals surface area contributed by atoms with Gasteiger partial charge in [-0.2, -0.15) is 0 Å². The van der Waals surface area contributed by atoms with E-state index in [-0.39, 0.29) is 17.9 Å². The molecule has 0 saturated carbocycles. The molecule has 2 amide bonds. The molecule has 0 spiro atoms. The topological polar surface area (TPSA) is 52.7 Å². The summed E-state index contributed by atoms with van der Waals surface area (Å²) in [5.74, 6) is 0.418. The van der Waals surface area contributed by atoms with E-state index in [1.807, 2.05) is 49.0 Å². The summed E-state index contributed by atoms with van der Waals surface area (Å²) < 4.78 is 0. The van der Waals surface area contributed by atoms with E-state index < -0.39 is 0 Å². The zero-order valence-corrected chi connectivity index (χ0v) is 16.0. The highest BCUT2D eigenvalue weighted by molar-refractivity contribution is 5.90. The van der Waals surface area contributed by atoms with E-state index in [1.54, 1.807) is 6.92 Å². The quantitative estimate of drug-likeness (QED) is 0.831. The van der Waals surface area contributed by atoms with Crippen LogP contribution in [-0.4, -0.2) is 36.9 Å². The van der Waals surface area contributed by atoms with Crippen molar-refractivity contribution in [2.24, 2.45) is 5.92 Å². The van der Waals surface area contributed by atoms with E-state index in [0.29, 0.717) is 18.9 Å². The highest BCUT2D eigenvalue weighted by Crippen LogP contribution is 2.26. The molecule has 0 radical (unpaired) electrons. The molecule has 1 atom stereocenters. The summed E-state index contributed by atoms with van der Waals surface area (Å²) in [7, 11) is 3.96. The molecule has 1 aromatic carbocycles. The summed E-state index contributed by atoms with van der Waals surface area (Å²) in [5, 5.41) is 2.89. The van der Waals surface area contributed by atoms with Crippen molar-refractivity contribution in [3.63, 3.8) is 0 Å². The van der Waals surface area contributed by atoms with Crippen LogP contribution in [0.1, 0.15) is 46.6 Å².